The van der Waals surface area contributed by atoms with Gasteiger partial charge in [0, 0.05) is 13.3 Å². The summed E-state index contributed by atoms with van der Waals surface area (Å²) in [5, 5.41) is 3.36. The summed E-state index contributed by atoms with van der Waals surface area (Å²) in [5.74, 6) is 0. The van der Waals surface area contributed by atoms with Crippen molar-refractivity contribution >= 4 is 42.6 Å². The molecule has 1 aromatic heterocycles. The monoisotopic (exact) mass is 389 g/mol. The maximum Gasteiger partial charge on any atom is 0.323 e. The zero-order valence-corrected chi connectivity index (χ0v) is 16.3. The van der Waals surface area contributed by atoms with Crippen LogP contribution in [-0.4, -0.2) is 37.6 Å². The predicted molar refractivity (Wildman–Crippen MR) is 104 cm³/mol. The Bertz CT molecular complexity index is 1010. The number of urea groups is 1. The second-order valence-corrected chi connectivity index (χ2v) is 9.09. The number of para-hydroxylation sites is 1. The van der Waals surface area contributed by atoms with Crippen molar-refractivity contribution in [2.24, 2.45) is 0 Å². The molecule has 0 radical (unpaired) electrons. The lowest BCUT2D eigenvalue weighted by Crippen LogP contribution is -2.33. The maximum absolute atomic E-state index is 12.5. The average Bonchev–Trinajstić information content (AvgIpc) is 3.02. The molecule has 1 atom stereocenters. The van der Waals surface area contributed by atoms with Crippen LogP contribution >= 0.6 is 11.3 Å². The molecule has 3 aromatic rings. The van der Waals surface area contributed by atoms with Crippen LogP contribution in [0.1, 0.15) is 18.5 Å². The largest absolute Gasteiger partial charge is 0.323 e. The van der Waals surface area contributed by atoms with E-state index in [1.807, 2.05) is 31.2 Å². The number of nitrogens with zero attached hydrogens (tertiary/aromatic N) is 2. The normalized spacial score (nSPS) is 12.7. The van der Waals surface area contributed by atoms with Gasteiger partial charge in [-0.15, -0.1) is 0 Å². The van der Waals surface area contributed by atoms with Crippen LogP contribution in [0.25, 0.3) is 10.2 Å². The van der Waals surface area contributed by atoms with E-state index in [4.69, 9.17) is 0 Å². The Hall–Kier alpha value is -2.45. The van der Waals surface area contributed by atoms with Crippen molar-refractivity contribution < 1.29 is 13.2 Å². The number of anilines is 1. The lowest BCUT2D eigenvalue weighted by Gasteiger charge is -2.25. The number of amides is 2. The minimum absolute atomic E-state index is 0.224. The molecule has 0 fully saturated rings. The number of hydrogen-bond acceptors (Lipinski definition) is 5. The van der Waals surface area contributed by atoms with E-state index in [9.17, 15) is 13.2 Å². The summed E-state index contributed by atoms with van der Waals surface area (Å²) in [7, 11) is -1.54. The van der Waals surface area contributed by atoms with E-state index in [1.54, 1.807) is 36.2 Å². The van der Waals surface area contributed by atoms with Gasteiger partial charge < -0.3 is 4.90 Å². The van der Waals surface area contributed by atoms with Crippen LogP contribution in [0, 0.1) is 0 Å². The van der Waals surface area contributed by atoms with Crippen LogP contribution in [0.5, 0.6) is 0 Å². The van der Waals surface area contributed by atoms with Gasteiger partial charge in [0.25, 0.3) is 0 Å². The van der Waals surface area contributed by atoms with Crippen molar-refractivity contribution in [1.29, 1.82) is 0 Å². The second-order valence-electron chi connectivity index (χ2n) is 6.04. The van der Waals surface area contributed by atoms with Crippen molar-refractivity contribution in [2.75, 3.05) is 18.6 Å². The van der Waals surface area contributed by atoms with Crippen LogP contribution in [0.2, 0.25) is 0 Å². The minimum Gasteiger partial charge on any atom is -0.321 e. The highest BCUT2D eigenvalue weighted by Gasteiger charge is 2.19. The first-order valence-electron chi connectivity index (χ1n) is 7.95. The molecule has 6 nitrogen and oxygen atoms in total. The Labute approximate surface area is 156 Å². The van der Waals surface area contributed by atoms with Crippen LogP contribution < -0.4 is 5.32 Å². The van der Waals surface area contributed by atoms with Gasteiger partial charge in [-0.05, 0) is 36.8 Å². The third-order valence-electron chi connectivity index (χ3n) is 4.20. The van der Waals surface area contributed by atoms with Gasteiger partial charge in [-0.3, -0.25) is 5.32 Å². The van der Waals surface area contributed by atoms with E-state index in [0.717, 1.165) is 15.8 Å². The van der Waals surface area contributed by atoms with E-state index in [1.165, 1.54) is 17.6 Å². The molecular weight excluding hydrogens is 370 g/mol. The van der Waals surface area contributed by atoms with Crippen LogP contribution in [-0.2, 0) is 9.84 Å². The van der Waals surface area contributed by atoms with E-state index in [2.05, 4.69) is 10.3 Å². The van der Waals surface area contributed by atoms with Gasteiger partial charge in [0.1, 0.15) is 0 Å². The fourth-order valence-corrected chi connectivity index (χ4v) is 3.98. The third-order valence-corrected chi connectivity index (χ3v) is 6.28. The first-order chi connectivity index (χ1) is 12.3. The predicted octanol–water partition coefficient (Wildman–Crippen LogP) is 3.92. The van der Waals surface area contributed by atoms with Gasteiger partial charge in [-0.25, -0.2) is 18.2 Å². The van der Waals surface area contributed by atoms with E-state index in [0.29, 0.717) is 5.13 Å². The molecule has 26 heavy (non-hydrogen) atoms. The topological polar surface area (TPSA) is 79.4 Å². The molecule has 0 saturated heterocycles. The summed E-state index contributed by atoms with van der Waals surface area (Å²) in [6, 6.07) is 13.8. The zero-order valence-electron chi connectivity index (χ0n) is 14.6. The van der Waals surface area contributed by atoms with Crippen molar-refractivity contribution in [3.8, 4) is 0 Å². The van der Waals surface area contributed by atoms with Gasteiger partial charge >= 0.3 is 6.03 Å². The number of carbonyl (C=O) groups is 1. The standard InChI is InChI=1S/C18H19N3O3S2/c1-12(13-8-10-14(11-9-13)26(3,23)24)21(2)18(22)20-17-19-15-6-4-5-7-16(15)25-17/h4-12H,1-3H3,(H,19,20,22)/t12-/m1/s1. The fraction of sp³-hybridized carbons (Fsp3) is 0.222. The summed E-state index contributed by atoms with van der Waals surface area (Å²) in [4.78, 5) is 18.7. The summed E-state index contributed by atoms with van der Waals surface area (Å²) in [5.41, 5.74) is 1.69. The highest BCUT2D eigenvalue weighted by atomic mass is 32.2. The summed E-state index contributed by atoms with van der Waals surface area (Å²) in [6.45, 7) is 1.88. The number of sulfone groups is 1. The molecule has 2 aromatic carbocycles. The number of fused-ring (bicyclic) bond motifs is 1. The smallest absolute Gasteiger partial charge is 0.321 e. The molecular formula is C18H19N3O3S2. The molecule has 136 valence electrons. The highest BCUT2D eigenvalue weighted by Crippen LogP contribution is 2.27. The third kappa shape index (κ3) is 3.86. The maximum atomic E-state index is 12.5. The van der Waals surface area contributed by atoms with E-state index in [-0.39, 0.29) is 17.0 Å². The van der Waals surface area contributed by atoms with Crippen LogP contribution in [0.15, 0.2) is 53.4 Å². The number of hydrogen-bond donors (Lipinski definition) is 1. The molecule has 0 aliphatic carbocycles. The Morgan fingerprint density at radius 3 is 2.42 bits per heavy atom. The number of aromatic nitrogens is 1. The number of benzene rings is 2. The van der Waals surface area contributed by atoms with Gasteiger partial charge in [-0.2, -0.15) is 0 Å². The molecule has 2 amide bonds. The molecule has 0 unspecified atom stereocenters. The quantitative estimate of drug-likeness (QED) is 0.733. The van der Waals surface area contributed by atoms with Gasteiger partial charge in [0.05, 0.1) is 21.2 Å². The SMILES string of the molecule is C[C@H](c1ccc(S(C)(=O)=O)cc1)N(C)C(=O)Nc1nc2ccccc2s1. The number of carbonyl (C=O) groups excluding carboxylic acids is 1. The average molecular weight is 390 g/mol. The molecule has 1 N–H and O–H groups in total. The van der Waals surface area contributed by atoms with Crippen molar-refractivity contribution in [3.05, 3.63) is 54.1 Å². The molecule has 1 heterocycles. The Kier molecular flexibility index (Phi) is 4.97. The Morgan fingerprint density at radius 2 is 1.81 bits per heavy atom. The molecule has 0 spiro atoms. The van der Waals surface area contributed by atoms with Crippen molar-refractivity contribution in [1.82, 2.24) is 9.88 Å². The summed E-state index contributed by atoms with van der Waals surface area (Å²) >= 11 is 1.42. The number of thiazole rings is 1. The van der Waals surface area contributed by atoms with Gasteiger partial charge in [0.15, 0.2) is 15.0 Å². The lowest BCUT2D eigenvalue weighted by atomic mass is 10.1. The van der Waals surface area contributed by atoms with Crippen molar-refractivity contribution in [2.45, 2.75) is 17.9 Å². The van der Waals surface area contributed by atoms with Crippen LogP contribution in [0.3, 0.4) is 0 Å². The number of rotatable bonds is 4. The highest BCUT2D eigenvalue weighted by molar-refractivity contribution is 7.90. The van der Waals surface area contributed by atoms with Crippen LogP contribution in [0.4, 0.5) is 9.93 Å². The molecule has 3 rings (SSSR count). The summed E-state index contributed by atoms with van der Waals surface area (Å²) < 4.78 is 24.1. The van der Waals surface area contributed by atoms with Crippen molar-refractivity contribution in [3.63, 3.8) is 0 Å². The van der Waals surface area contributed by atoms with E-state index < -0.39 is 9.84 Å². The van der Waals surface area contributed by atoms with Gasteiger partial charge in [-0.1, -0.05) is 35.6 Å². The summed E-state index contributed by atoms with van der Waals surface area (Å²) in [6.07, 6.45) is 1.17. The molecule has 0 aliphatic heterocycles. The zero-order chi connectivity index (χ0) is 18.9. The first-order valence-corrected chi connectivity index (χ1v) is 10.7. The molecule has 0 aliphatic rings. The molecule has 0 bridgehead atoms. The Balaban J connectivity index is 1.72. The molecule has 8 heteroatoms. The number of nitrogens with one attached hydrogen (secondary N) is 1. The molecule has 0 saturated carbocycles. The van der Waals surface area contributed by atoms with Gasteiger partial charge in [0.2, 0.25) is 0 Å². The van der Waals surface area contributed by atoms with E-state index >= 15 is 0 Å². The lowest BCUT2D eigenvalue weighted by molar-refractivity contribution is 0.208. The Morgan fingerprint density at radius 1 is 1.15 bits per heavy atom. The second kappa shape index (κ2) is 7.05. The first kappa shape index (κ1) is 18.3. The fourth-order valence-electron chi connectivity index (χ4n) is 2.50. The minimum atomic E-state index is -3.24.